The zero-order chi connectivity index (χ0) is 24.6. The van der Waals surface area contributed by atoms with Crippen molar-refractivity contribution in [2.45, 2.75) is 53.4 Å². The van der Waals surface area contributed by atoms with Crippen molar-refractivity contribution < 1.29 is 66.5 Å². The van der Waals surface area contributed by atoms with E-state index < -0.39 is 67.8 Å². The molecular formula is C21H34O10Zr. The number of Topliss-reactive ketones (excluding diaryl/α,β-unsaturated/α-hetero) is 3. The topological polar surface area (TPSA) is 139 Å². The van der Waals surface area contributed by atoms with E-state index in [1.165, 1.54) is 0 Å². The summed E-state index contributed by atoms with van der Waals surface area (Å²) in [5.74, 6) is -1.83. The molecule has 0 saturated heterocycles. The molecule has 0 rings (SSSR count). The zero-order valence-corrected chi connectivity index (χ0v) is 21.8. The number of rotatable bonds is 21. The summed E-state index contributed by atoms with van der Waals surface area (Å²) in [6.45, 7) is 6.32. The summed E-state index contributed by atoms with van der Waals surface area (Å²) in [5.41, 5.74) is 0. The summed E-state index contributed by atoms with van der Waals surface area (Å²) in [7, 11) is 0. The molecule has 0 fully saturated rings. The second kappa shape index (κ2) is 17.2. The number of hydrogen-bond donors (Lipinski definition) is 0. The Kier molecular flexibility index (Phi) is 16.6. The summed E-state index contributed by atoms with van der Waals surface area (Å²) in [4.78, 5) is 76.0. The predicted octanol–water partition coefficient (Wildman–Crippen LogP) is 1.05. The number of hydrogen-bond acceptors (Lipinski definition) is 10. The molecule has 0 aliphatic rings. The van der Waals surface area contributed by atoms with Crippen LogP contribution in [0.2, 0.25) is 0 Å². The van der Waals surface area contributed by atoms with E-state index >= 15 is 0 Å². The molecule has 0 amide bonds. The number of carbonyl (C=O) groups excluding carboxylic acids is 6. The Morgan fingerprint density at radius 1 is 0.562 bits per heavy atom. The van der Waals surface area contributed by atoms with Gasteiger partial charge in [0.25, 0.3) is 0 Å². The van der Waals surface area contributed by atoms with Gasteiger partial charge in [0.2, 0.25) is 0 Å². The predicted molar refractivity (Wildman–Crippen MR) is 110 cm³/mol. The molecule has 11 heteroatoms. The van der Waals surface area contributed by atoms with Crippen LogP contribution in [0.1, 0.15) is 53.4 Å². The van der Waals surface area contributed by atoms with Crippen LogP contribution in [0.5, 0.6) is 0 Å². The SMILES string of the molecule is CCC[O][Zr]([C](=O)CC(=O)COCC)([C](=O)CC(=O)COCC)[C](=O)CC(=O)COCC. The van der Waals surface area contributed by atoms with Crippen LogP contribution < -0.4 is 0 Å². The van der Waals surface area contributed by atoms with E-state index in [4.69, 9.17) is 17.0 Å². The molecule has 0 aromatic carbocycles. The van der Waals surface area contributed by atoms with Crippen molar-refractivity contribution in [3.8, 4) is 0 Å². The molecule has 0 aromatic rings. The molecule has 0 aromatic heterocycles. The Labute approximate surface area is 193 Å². The van der Waals surface area contributed by atoms with Crippen molar-refractivity contribution in [2.24, 2.45) is 0 Å². The van der Waals surface area contributed by atoms with Gasteiger partial charge in [0.15, 0.2) is 0 Å². The van der Waals surface area contributed by atoms with E-state index in [2.05, 4.69) is 0 Å². The van der Waals surface area contributed by atoms with Gasteiger partial charge in [-0.3, -0.25) is 0 Å². The summed E-state index contributed by atoms with van der Waals surface area (Å²) in [6.07, 6.45) is -1.79. The first-order chi connectivity index (χ1) is 15.2. The Balaban J connectivity index is 5.99. The molecule has 0 aliphatic heterocycles. The van der Waals surface area contributed by atoms with Gasteiger partial charge in [-0.1, -0.05) is 0 Å². The van der Waals surface area contributed by atoms with Gasteiger partial charge in [-0.05, 0) is 0 Å². The molecule has 0 atom stereocenters. The van der Waals surface area contributed by atoms with Gasteiger partial charge in [-0.15, -0.1) is 0 Å². The Bertz CT molecular complexity index is 590. The maximum absolute atomic E-state index is 13.2. The molecule has 182 valence electrons. The fourth-order valence-electron chi connectivity index (χ4n) is 2.67. The van der Waals surface area contributed by atoms with Crippen molar-refractivity contribution in [3.63, 3.8) is 0 Å². The van der Waals surface area contributed by atoms with E-state index in [0.29, 0.717) is 6.42 Å². The van der Waals surface area contributed by atoms with E-state index in [1.54, 1.807) is 27.7 Å². The fraction of sp³-hybridized carbons (Fsp3) is 0.714. The Morgan fingerprint density at radius 3 is 1.12 bits per heavy atom. The van der Waals surface area contributed by atoms with Crippen LogP contribution in [0, 0.1) is 0 Å². The van der Waals surface area contributed by atoms with E-state index in [-0.39, 0.29) is 46.2 Å². The van der Waals surface area contributed by atoms with Crippen LogP contribution in [-0.4, -0.2) is 74.1 Å². The third-order valence-corrected chi connectivity index (χ3v) is 12.8. The average molecular weight is 538 g/mol. The van der Waals surface area contributed by atoms with Gasteiger partial charge in [0.1, 0.15) is 0 Å². The molecule has 10 nitrogen and oxygen atoms in total. The molecule has 0 radical (unpaired) electrons. The number of carbonyl (C=O) groups is 6. The first-order valence-corrected chi connectivity index (χ1v) is 15.4. The third kappa shape index (κ3) is 10.6. The molecule has 0 saturated carbocycles. The quantitative estimate of drug-likeness (QED) is 0.195. The number of ether oxygens (including phenoxy) is 3. The molecule has 0 heterocycles. The van der Waals surface area contributed by atoms with Gasteiger partial charge in [0.05, 0.1) is 0 Å². The summed E-state index contributed by atoms with van der Waals surface area (Å²) in [6, 6.07) is 0. The maximum atomic E-state index is 13.2. The zero-order valence-electron chi connectivity index (χ0n) is 19.4. The van der Waals surface area contributed by atoms with Crippen molar-refractivity contribution >= 4 is 27.8 Å². The first-order valence-electron chi connectivity index (χ1n) is 10.7. The van der Waals surface area contributed by atoms with Gasteiger partial charge in [-0.2, -0.15) is 0 Å². The Hall–Kier alpha value is -1.26. The van der Waals surface area contributed by atoms with Crippen LogP contribution in [-0.2, 0) is 66.5 Å². The van der Waals surface area contributed by atoms with E-state index in [1.807, 2.05) is 0 Å². The molecular weight excluding hydrogens is 503 g/mol. The molecule has 0 unspecified atom stereocenters. The fourth-order valence-corrected chi connectivity index (χ4v) is 10.7. The molecule has 0 bridgehead atoms. The molecule has 0 aliphatic carbocycles. The molecule has 0 spiro atoms. The third-order valence-electron chi connectivity index (χ3n) is 4.18. The van der Waals surface area contributed by atoms with Crippen LogP contribution >= 0.6 is 0 Å². The van der Waals surface area contributed by atoms with Crippen LogP contribution in [0.3, 0.4) is 0 Å². The van der Waals surface area contributed by atoms with Crippen LogP contribution in [0.15, 0.2) is 0 Å². The summed E-state index contributed by atoms with van der Waals surface area (Å²) >= 11 is -5.67. The summed E-state index contributed by atoms with van der Waals surface area (Å²) in [5, 5.41) is 0. The average Bonchev–Trinajstić information content (AvgIpc) is 2.75. The van der Waals surface area contributed by atoms with E-state index in [0.717, 1.165) is 0 Å². The van der Waals surface area contributed by atoms with Crippen LogP contribution in [0.25, 0.3) is 0 Å². The monoisotopic (exact) mass is 536 g/mol. The minimum atomic E-state index is -5.67. The normalized spacial score (nSPS) is 11.2. The van der Waals surface area contributed by atoms with Gasteiger partial charge >= 0.3 is 194 Å². The van der Waals surface area contributed by atoms with Crippen molar-refractivity contribution in [1.82, 2.24) is 0 Å². The molecule has 32 heavy (non-hydrogen) atoms. The van der Waals surface area contributed by atoms with Crippen molar-refractivity contribution in [1.29, 1.82) is 0 Å². The van der Waals surface area contributed by atoms with Gasteiger partial charge in [0, 0.05) is 0 Å². The Morgan fingerprint density at radius 2 is 0.875 bits per heavy atom. The van der Waals surface area contributed by atoms with Crippen LogP contribution in [0.4, 0.5) is 0 Å². The minimum absolute atomic E-state index is 0.0851. The van der Waals surface area contributed by atoms with Gasteiger partial charge < -0.3 is 0 Å². The second-order valence-corrected chi connectivity index (χ2v) is 15.0. The van der Waals surface area contributed by atoms with E-state index in [9.17, 15) is 28.8 Å². The van der Waals surface area contributed by atoms with Crippen molar-refractivity contribution in [3.05, 3.63) is 0 Å². The number of ketones is 3. The second-order valence-electron chi connectivity index (χ2n) is 6.86. The summed E-state index contributed by atoms with van der Waals surface area (Å²) < 4.78 is 17.9. The molecule has 0 N–H and O–H groups in total. The van der Waals surface area contributed by atoms with Crippen molar-refractivity contribution in [2.75, 3.05) is 46.2 Å². The first kappa shape index (κ1) is 30.7. The standard InChI is InChI=1S/3C6H9O3.C3H7O.Zr/c3*1-2-9-5-6(8)3-4-7;1-2-3-4;/h3*2-3,5H2,1H3;2-3H2,1H3;/q;;;-1;+1. The van der Waals surface area contributed by atoms with Gasteiger partial charge in [-0.25, -0.2) is 0 Å².